The van der Waals surface area contributed by atoms with Crippen LogP contribution in [0, 0.1) is 0 Å². The molecule has 1 fully saturated rings. The average molecular weight is 493 g/mol. The fraction of sp³-hybridized carbons (Fsp3) is 0.409. The number of ether oxygens (including phenoxy) is 1. The highest BCUT2D eigenvalue weighted by atomic mass is 32.2. The molecule has 1 aromatic carbocycles. The van der Waals surface area contributed by atoms with Crippen LogP contribution in [0.5, 0.6) is 5.75 Å². The third-order valence-electron chi connectivity index (χ3n) is 5.76. The summed E-state index contributed by atoms with van der Waals surface area (Å²) in [6, 6.07) is 8.55. The molecular weight excluding hydrogens is 464 g/mol. The number of hydrogen-bond donors (Lipinski definition) is 2. The quantitative estimate of drug-likeness (QED) is 0.543. The van der Waals surface area contributed by atoms with Crippen LogP contribution in [0.2, 0.25) is 0 Å². The molecule has 33 heavy (non-hydrogen) atoms. The molecule has 1 unspecified atom stereocenters. The second-order valence-electron chi connectivity index (χ2n) is 9.04. The van der Waals surface area contributed by atoms with E-state index in [-0.39, 0.29) is 10.6 Å². The van der Waals surface area contributed by atoms with Gasteiger partial charge in [0.05, 0.1) is 29.0 Å². The molecule has 3 aromatic rings. The SMILES string of the molecule is COc1cc2ncc(-c3cccc(NS(=O)(=O)C4CCNC4)c3)n2cc1S(=O)(=O)C(C)(C)C. The Morgan fingerprint density at radius 2 is 1.94 bits per heavy atom. The van der Waals surface area contributed by atoms with Gasteiger partial charge in [0, 0.05) is 30.1 Å². The van der Waals surface area contributed by atoms with Crippen LogP contribution >= 0.6 is 0 Å². The fourth-order valence-electron chi connectivity index (χ4n) is 3.77. The monoisotopic (exact) mass is 492 g/mol. The molecule has 0 aliphatic carbocycles. The van der Waals surface area contributed by atoms with Crippen molar-refractivity contribution in [1.82, 2.24) is 14.7 Å². The van der Waals surface area contributed by atoms with Crippen molar-refractivity contribution < 1.29 is 21.6 Å². The van der Waals surface area contributed by atoms with E-state index in [0.29, 0.717) is 42.1 Å². The number of sulfone groups is 1. The Hall–Kier alpha value is -2.63. The molecule has 1 aliphatic heterocycles. The second kappa shape index (κ2) is 8.30. The Labute approximate surface area is 194 Å². The van der Waals surface area contributed by atoms with Crippen molar-refractivity contribution in [3.05, 3.63) is 42.7 Å². The van der Waals surface area contributed by atoms with Crippen molar-refractivity contribution in [1.29, 1.82) is 0 Å². The first kappa shape index (κ1) is 23.5. The number of nitrogens with one attached hydrogen (secondary N) is 2. The Morgan fingerprint density at radius 3 is 2.58 bits per heavy atom. The van der Waals surface area contributed by atoms with Crippen LogP contribution < -0.4 is 14.8 Å². The summed E-state index contributed by atoms with van der Waals surface area (Å²) < 4.78 is 60.4. The van der Waals surface area contributed by atoms with Crippen molar-refractivity contribution in [2.75, 3.05) is 24.9 Å². The molecule has 1 atom stereocenters. The van der Waals surface area contributed by atoms with E-state index in [9.17, 15) is 16.8 Å². The highest BCUT2D eigenvalue weighted by Gasteiger charge is 2.34. The highest BCUT2D eigenvalue weighted by Crippen LogP contribution is 2.34. The second-order valence-corrected chi connectivity index (χ2v) is 13.7. The summed E-state index contributed by atoms with van der Waals surface area (Å²) >= 11 is 0. The summed E-state index contributed by atoms with van der Waals surface area (Å²) in [5.41, 5.74) is 2.27. The number of sulfonamides is 1. The molecule has 1 saturated heterocycles. The van der Waals surface area contributed by atoms with Gasteiger partial charge in [0.25, 0.3) is 0 Å². The molecule has 0 spiro atoms. The summed E-state index contributed by atoms with van der Waals surface area (Å²) in [7, 11) is -5.80. The molecule has 0 radical (unpaired) electrons. The summed E-state index contributed by atoms with van der Waals surface area (Å²) in [6.07, 6.45) is 3.70. The van der Waals surface area contributed by atoms with E-state index in [0.717, 1.165) is 0 Å². The average Bonchev–Trinajstić information content (AvgIpc) is 3.42. The topological polar surface area (TPSA) is 119 Å². The largest absolute Gasteiger partial charge is 0.495 e. The van der Waals surface area contributed by atoms with E-state index in [1.807, 2.05) is 6.07 Å². The molecule has 1 aliphatic rings. The van der Waals surface area contributed by atoms with Gasteiger partial charge in [0.1, 0.15) is 16.3 Å². The number of anilines is 1. The van der Waals surface area contributed by atoms with Crippen LogP contribution in [0.4, 0.5) is 5.69 Å². The zero-order chi connectivity index (χ0) is 24.0. The maximum Gasteiger partial charge on any atom is 0.236 e. The summed E-state index contributed by atoms with van der Waals surface area (Å²) in [5, 5.41) is 2.59. The third kappa shape index (κ3) is 4.32. The minimum atomic E-state index is -3.70. The molecule has 0 amide bonds. The third-order valence-corrected chi connectivity index (χ3v) is 10.1. The van der Waals surface area contributed by atoms with Crippen molar-refractivity contribution in [2.45, 2.75) is 42.1 Å². The lowest BCUT2D eigenvalue weighted by Crippen LogP contribution is -2.29. The van der Waals surface area contributed by atoms with Gasteiger partial charge in [0.15, 0.2) is 9.84 Å². The molecule has 0 bridgehead atoms. The number of aromatic nitrogens is 2. The van der Waals surface area contributed by atoms with Crippen molar-refractivity contribution in [3.63, 3.8) is 0 Å². The smallest absolute Gasteiger partial charge is 0.236 e. The van der Waals surface area contributed by atoms with Gasteiger partial charge in [-0.15, -0.1) is 0 Å². The van der Waals surface area contributed by atoms with Crippen molar-refractivity contribution in [3.8, 4) is 17.0 Å². The van der Waals surface area contributed by atoms with E-state index in [4.69, 9.17) is 4.74 Å². The lowest BCUT2D eigenvalue weighted by atomic mass is 10.1. The first-order valence-corrected chi connectivity index (χ1v) is 13.6. The number of fused-ring (bicyclic) bond motifs is 1. The number of nitrogens with zero attached hydrogens (tertiary/aromatic N) is 2. The Morgan fingerprint density at radius 1 is 1.18 bits per heavy atom. The number of methoxy groups -OCH3 is 1. The van der Waals surface area contributed by atoms with Gasteiger partial charge in [-0.25, -0.2) is 21.8 Å². The minimum Gasteiger partial charge on any atom is -0.495 e. The van der Waals surface area contributed by atoms with E-state index in [1.165, 1.54) is 13.3 Å². The predicted octanol–water partition coefficient (Wildman–Crippen LogP) is 2.69. The highest BCUT2D eigenvalue weighted by molar-refractivity contribution is 7.93. The van der Waals surface area contributed by atoms with E-state index in [2.05, 4.69) is 15.0 Å². The lowest BCUT2D eigenvalue weighted by molar-refractivity contribution is 0.401. The molecule has 9 nitrogen and oxygen atoms in total. The van der Waals surface area contributed by atoms with Crippen LogP contribution in [-0.2, 0) is 19.9 Å². The minimum absolute atomic E-state index is 0.0647. The molecule has 0 saturated carbocycles. The molecule has 3 heterocycles. The van der Waals surface area contributed by atoms with Crippen LogP contribution in [-0.4, -0.2) is 56.4 Å². The van der Waals surface area contributed by atoms with Crippen LogP contribution in [0.15, 0.2) is 47.6 Å². The van der Waals surface area contributed by atoms with Gasteiger partial charge in [0.2, 0.25) is 10.0 Å². The summed E-state index contributed by atoms with van der Waals surface area (Å²) in [5.74, 6) is 0.223. The molecule has 11 heteroatoms. The van der Waals surface area contributed by atoms with Crippen LogP contribution in [0.1, 0.15) is 27.2 Å². The standard InChI is InChI=1S/C22H28N4O5S2/c1-22(2,3)32(27,28)20-14-26-18(13-24-21(26)11-19(20)31-4)15-6-5-7-16(10-15)25-33(29,30)17-8-9-23-12-17/h5-7,10-11,13-14,17,23,25H,8-9,12H2,1-4H3. The van der Waals surface area contributed by atoms with Crippen LogP contribution in [0.25, 0.3) is 16.9 Å². The Kier molecular flexibility index (Phi) is 5.92. The summed E-state index contributed by atoms with van der Waals surface area (Å²) in [4.78, 5) is 4.46. The Balaban J connectivity index is 1.78. The molecule has 178 valence electrons. The maximum absolute atomic E-state index is 13.2. The predicted molar refractivity (Wildman–Crippen MR) is 128 cm³/mol. The molecule has 2 aromatic heterocycles. The van der Waals surface area contributed by atoms with Crippen LogP contribution in [0.3, 0.4) is 0 Å². The first-order chi connectivity index (χ1) is 15.4. The number of hydrogen-bond acceptors (Lipinski definition) is 7. The number of rotatable bonds is 6. The van der Waals surface area contributed by atoms with E-state index >= 15 is 0 Å². The van der Waals surface area contributed by atoms with Gasteiger partial charge >= 0.3 is 0 Å². The normalized spacial score (nSPS) is 17.4. The van der Waals surface area contributed by atoms with E-state index < -0.39 is 29.9 Å². The zero-order valence-corrected chi connectivity index (χ0v) is 20.6. The Bertz CT molecular complexity index is 1400. The number of imidazole rings is 1. The van der Waals surface area contributed by atoms with E-state index in [1.54, 1.807) is 55.6 Å². The summed E-state index contributed by atoms with van der Waals surface area (Å²) in [6.45, 7) is 6.01. The number of benzene rings is 1. The van der Waals surface area contributed by atoms with Gasteiger partial charge in [-0.2, -0.15) is 0 Å². The molecule has 2 N–H and O–H groups in total. The molecule has 4 rings (SSSR count). The maximum atomic E-state index is 13.2. The number of pyridine rings is 1. The van der Waals surface area contributed by atoms with Gasteiger partial charge in [-0.1, -0.05) is 12.1 Å². The molecular formula is C22H28N4O5S2. The first-order valence-electron chi connectivity index (χ1n) is 10.6. The zero-order valence-electron chi connectivity index (χ0n) is 19.0. The lowest BCUT2D eigenvalue weighted by Gasteiger charge is -2.21. The van der Waals surface area contributed by atoms with Crippen molar-refractivity contribution in [2.24, 2.45) is 0 Å². The fourth-order valence-corrected chi connectivity index (χ4v) is 6.47. The van der Waals surface area contributed by atoms with Gasteiger partial charge in [-0.3, -0.25) is 9.12 Å². The van der Waals surface area contributed by atoms with Gasteiger partial charge < -0.3 is 10.1 Å². The van der Waals surface area contributed by atoms with Gasteiger partial charge in [-0.05, 0) is 45.9 Å². The van der Waals surface area contributed by atoms with Crippen molar-refractivity contribution >= 4 is 31.2 Å².